The molecule has 1 rings (SSSR count). The van der Waals surface area contributed by atoms with E-state index in [1.54, 1.807) is 14.2 Å². The minimum atomic E-state index is -0.157. The Morgan fingerprint density at radius 2 is 1.94 bits per heavy atom. The molecule has 0 aliphatic heterocycles. The molecule has 1 aromatic carbocycles. The maximum Gasteiger partial charge on any atom is 0.314 e. The van der Waals surface area contributed by atoms with Crippen LogP contribution in [0.1, 0.15) is 22.3 Å². The molecule has 0 atom stereocenters. The fraction of sp³-hybridized carbons (Fsp3) is 0.500. The minimum absolute atomic E-state index is 0.157. The number of ether oxygens (including phenoxy) is 1. The molecule has 2 N–H and O–H groups in total. The van der Waals surface area contributed by atoms with E-state index < -0.39 is 0 Å². The van der Waals surface area contributed by atoms with E-state index in [0.29, 0.717) is 6.54 Å². The van der Waals surface area contributed by atoms with Crippen LogP contribution in [-0.4, -0.2) is 26.7 Å². The number of hydrogen-bond acceptors (Lipinski definition) is 2. The lowest BCUT2D eigenvalue weighted by atomic mass is 9.97. The molecule has 1 aromatic rings. The number of nitrogens with one attached hydrogen (secondary N) is 2. The van der Waals surface area contributed by atoms with E-state index in [9.17, 15) is 4.79 Å². The average Bonchev–Trinajstić information content (AvgIpc) is 2.35. The van der Waals surface area contributed by atoms with Gasteiger partial charge in [0.2, 0.25) is 0 Å². The van der Waals surface area contributed by atoms with Gasteiger partial charge in [0.25, 0.3) is 0 Å². The van der Waals surface area contributed by atoms with Crippen LogP contribution >= 0.6 is 0 Å². The summed E-state index contributed by atoms with van der Waals surface area (Å²) >= 11 is 0. The minimum Gasteiger partial charge on any atom is -0.496 e. The summed E-state index contributed by atoms with van der Waals surface area (Å²) in [5.74, 6) is 0.936. The summed E-state index contributed by atoms with van der Waals surface area (Å²) < 4.78 is 5.49. The highest BCUT2D eigenvalue weighted by molar-refractivity contribution is 5.73. The van der Waals surface area contributed by atoms with Crippen LogP contribution in [0.5, 0.6) is 5.75 Å². The number of carbonyl (C=O) groups is 1. The third-order valence-corrected chi connectivity index (χ3v) is 3.21. The summed E-state index contributed by atoms with van der Waals surface area (Å²) in [4.78, 5) is 11.1. The van der Waals surface area contributed by atoms with Crippen molar-refractivity contribution < 1.29 is 9.53 Å². The van der Waals surface area contributed by atoms with Gasteiger partial charge in [-0.2, -0.15) is 0 Å². The Balaban J connectivity index is 2.88. The van der Waals surface area contributed by atoms with Crippen LogP contribution in [0.4, 0.5) is 4.79 Å². The highest BCUT2D eigenvalue weighted by atomic mass is 16.5. The van der Waals surface area contributed by atoms with Gasteiger partial charge in [-0.3, -0.25) is 0 Å². The summed E-state index contributed by atoms with van der Waals surface area (Å²) in [6.45, 7) is 6.81. The number of carbonyl (C=O) groups excluding carboxylic acids is 1. The Morgan fingerprint density at radius 1 is 1.28 bits per heavy atom. The molecule has 18 heavy (non-hydrogen) atoms. The maximum atomic E-state index is 11.1. The Labute approximate surface area is 109 Å². The Morgan fingerprint density at radius 3 is 2.50 bits per heavy atom. The molecule has 0 aliphatic rings. The van der Waals surface area contributed by atoms with Crippen LogP contribution in [-0.2, 0) is 6.42 Å². The second-order valence-corrected chi connectivity index (χ2v) is 4.40. The van der Waals surface area contributed by atoms with Crippen LogP contribution < -0.4 is 15.4 Å². The second-order valence-electron chi connectivity index (χ2n) is 4.40. The first kappa shape index (κ1) is 14.4. The number of urea groups is 1. The molecule has 0 radical (unpaired) electrons. The summed E-state index contributed by atoms with van der Waals surface area (Å²) in [6.07, 6.45) is 0.767. The van der Waals surface area contributed by atoms with Crippen molar-refractivity contribution in [2.45, 2.75) is 27.2 Å². The molecule has 2 amide bonds. The van der Waals surface area contributed by atoms with E-state index in [4.69, 9.17) is 4.74 Å². The van der Waals surface area contributed by atoms with Gasteiger partial charge in [-0.1, -0.05) is 6.07 Å². The molecule has 0 bridgehead atoms. The van der Waals surface area contributed by atoms with E-state index in [2.05, 4.69) is 37.5 Å². The van der Waals surface area contributed by atoms with Gasteiger partial charge in [-0.15, -0.1) is 0 Å². The average molecular weight is 250 g/mol. The number of methoxy groups -OCH3 is 1. The van der Waals surface area contributed by atoms with E-state index in [0.717, 1.165) is 23.3 Å². The summed E-state index contributed by atoms with van der Waals surface area (Å²) in [6, 6.07) is 2.00. The number of rotatable bonds is 4. The SMILES string of the molecule is CNC(=O)NCCc1c(C)cc(C)c(C)c1OC. The van der Waals surface area contributed by atoms with Crippen molar-refractivity contribution >= 4 is 6.03 Å². The zero-order valence-electron chi connectivity index (χ0n) is 11.8. The molecule has 0 aliphatic carbocycles. The molecule has 0 unspecified atom stereocenters. The van der Waals surface area contributed by atoms with Crippen molar-refractivity contribution in [3.05, 3.63) is 28.3 Å². The molecular weight excluding hydrogens is 228 g/mol. The number of amides is 2. The topological polar surface area (TPSA) is 50.4 Å². The van der Waals surface area contributed by atoms with Crippen LogP contribution in [0.3, 0.4) is 0 Å². The molecule has 0 spiro atoms. The molecule has 100 valence electrons. The predicted molar refractivity (Wildman–Crippen MR) is 73.4 cm³/mol. The zero-order chi connectivity index (χ0) is 13.7. The fourth-order valence-electron chi connectivity index (χ4n) is 2.08. The van der Waals surface area contributed by atoms with Gasteiger partial charge < -0.3 is 15.4 Å². The molecule has 0 fully saturated rings. The quantitative estimate of drug-likeness (QED) is 0.859. The van der Waals surface area contributed by atoms with Gasteiger partial charge in [0, 0.05) is 13.6 Å². The van der Waals surface area contributed by atoms with Gasteiger partial charge in [0.15, 0.2) is 0 Å². The normalized spacial score (nSPS) is 10.1. The van der Waals surface area contributed by atoms with Gasteiger partial charge in [0.1, 0.15) is 5.75 Å². The van der Waals surface area contributed by atoms with E-state index >= 15 is 0 Å². The highest BCUT2D eigenvalue weighted by Gasteiger charge is 2.12. The van der Waals surface area contributed by atoms with Crippen molar-refractivity contribution in [2.24, 2.45) is 0 Å². The molecule has 0 saturated carbocycles. The number of benzene rings is 1. The molecule has 4 nitrogen and oxygen atoms in total. The van der Waals surface area contributed by atoms with Crippen LogP contribution in [0.2, 0.25) is 0 Å². The first-order valence-corrected chi connectivity index (χ1v) is 6.10. The monoisotopic (exact) mass is 250 g/mol. The van der Waals surface area contributed by atoms with Crippen molar-refractivity contribution in [3.8, 4) is 5.75 Å². The van der Waals surface area contributed by atoms with Crippen molar-refractivity contribution in [1.82, 2.24) is 10.6 Å². The summed E-state index contributed by atoms with van der Waals surface area (Å²) in [5.41, 5.74) is 4.76. The zero-order valence-corrected chi connectivity index (χ0v) is 11.8. The Hall–Kier alpha value is -1.71. The van der Waals surface area contributed by atoms with E-state index in [1.807, 2.05) is 0 Å². The lowest BCUT2D eigenvalue weighted by molar-refractivity contribution is 0.243. The largest absolute Gasteiger partial charge is 0.496 e. The van der Waals surface area contributed by atoms with Crippen LogP contribution in [0.25, 0.3) is 0 Å². The standard InChI is InChI=1S/C14H22N2O2/c1-9-8-10(2)12(13(18-5)11(9)3)6-7-16-14(17)15-4/h8H,6-7H2,1-5H3,(H2,15,16,17). The predicted octanol–water partition coefficient (Wildman–Crippen LogP) is 2.09. The summed E-state index contributed by atoms with van der Waals surface area (Å²) in [7, 11) is 3.30. The first-order valence-electron chi connectivity index (χ1n) is 6.10. The van der Waals surface area contributed by atoms with Gasteiger partial charge in [-0.05, 0) is 49.4 Å². The smallest absolute Gasteiger partial charge is 0.314 e. The molecular formula is C14H22N2O2. The third kappa shape index (κ3) is 3.15. The molecule has 0 heterocycles. The first-order chi connectivity index (χ1) is 8.51. The molecule has 4 heteroatoms. The molecule has 0 saturated heterocycles. The fourth-order valence-corrected chi connectivity index (χ4v) is 2.08. The summed E-state index contributed by atoms with van der Waals surface area (Å²) in [5, 5.41) is 5.32. The third-order valence-electron chi connectivity index (χ3n) is 3.21. The second kappa shape index (κ2) is 6.28. The van der Waals surface area contributed by atoms with Crippen molar-refractivity contribution in [3.63, 3.8) is 0 Å². The van der Waals surface area contributed by atoms with E-state index in [-0.39, 0.29) is 6.03 Å². The van der Waals surface area contributed by atoms with E-state index in [1.165, 1.54) is 11.1 Å². The highest BCUT2D eigenvalue weighted by Crippen LogP contribution is 2.29. The molecule has 0 aromatic heterocycles. The van der Waals surface area contributed by atoms with Crippen molar-refractivity contribution in [1.29, 1.82) is 0 Å². The van der Waals surface area contributed by atoms with Crippen LogP contribution in [0, 0.1) is 20.8 Å². The van der Waals surface area contributed by atoms with Gasteiger partial charge in [0.05, 0.1) is 7.11 Å². The van der Waals surface area contributed by atoms with Crippen molar-refractivity contribution in [2.75, 3.05) is 20.7 Å². The Bertz CT molecular complexity index is 442. The van der Waals surface area contributed by atoms with Gasteiger partial charge in [-0.25, -0.2) is 4.79 Å². The number of hydrogen-bond donors (Lipinski definition) is 2. The lowest BCUT2D eigenvalue weighted by Crippen LogP contribution is -2.34. The Kier molecular flexibility index (Phi) is 5.01. The lowest BCUT2D eigenvalue weighted by Gasteiger charge is -2.16. The maximum absolute atomic E-state index is 11.1. The van der Waals surface area contributed by atoms with Crippen LogP contribution in [0.15, 0.2) is 6.07 Å². The van der Waals surface area contributed by atoms with Gasteiger partial charge >= 0.3 is 6.03 Å². The number of aryl methyl sites for hydroxylation is 2.